The number of ether oxygens (including phenoxy) is 2. The molecular weight excluding hydrogens is 354 g/mol. The van der Waals surface area contributed by atoms with E-state index < -0.39 is 5.97 Å². The van der Waals surface area contributed by atoms with E-state index in [-0.39, 0.29) is 30.5 Å². The van der Waals surface area contributed by atoms with Crippen LogP contribution in [0.1, 0.15) is 22.2 Å². The molecule has 9 heteroatoms. The number of amides is 1. The number of halogens is 1. The predicted molar refractivity (Wildman–Crippen MR) is 91.9 cm³/mol. The third-order valence-corrected chi connectivity index (χ3v) is 4.42. The van der Waals surface area contributed by atoms with Crippen molar-refractivity contribution in [3.63, 3.8) is 0 Å². The molecule has 0 spiro atoms. The molecule has 0 N–H and O–H groups in total. The number of aromatic nitrogens is 2. The van der Waals surface area contributed by atoms with E-state index in [4.69, 9.17) is 21.1 Å². The van der Waals surface area contributed by atoms with Crippen LogP contribution in [-0.4, -0.2) is 41.3 Å². The predicted octanol–water partition coefficient (Wildman–Crippen LogP) is 2.44. The van der Waals surface area contributed by atoms with E-state index in [1.165, 1.54) is 27.1 Å². The number of rotatable bonds is 7. The first-order valence-corrected chi connectivity index (χ1v) is 8.60. The van der Waals surface area contributed by atoms with Crippen LogP contribution >= 0.6 is 22.9 Å². The molecule has 0 atom stereocenters. The molecule has 0 aliphatic rings. The largest absolute Gasteiger partial charge is 0.496 e. The van der Waals surface area contributed by atoms with Gasteiger partial charge in [-0.05, 0) is 18.4 Å². The maximum atomic E-state index is 12.4. The second-order valence-corrected chi connectivity index (χ2v) is 6.02. The summed E-state index contributed by atoms with van der Waals surface area (Å²) in [6, 6.07) is 1.82. The normalized spacial score (nSPS) is 10.5. The summed E-state index contributed by atoms with van der Waals surface area (Å²) in [6.45, 7) is 2.17. The van der Waals surface area contributed by atoms with Crippen LogP contribution in [0.5, 0.6) is 5.75 Å². The topological polar surface area (TPSA) is 73.7 Å². The van der Waals surface area contributed by atoms with Gasteiger partial charge in [-0.2, -0.15) is 5.10 Å². The van der Waals surface area contributed by atoms with Gasteiger partial charge in [-0.25, -0.2) is 4.79 Å². The van der Waals surface area contributed by atoms with Gasteiger partial charge in [0.25, 0.3) is 0 Å². The van der Waals surface area contributed by atoms with Crippen molar-refractivity contribution in [2.24, 2.45) is 7.05 Å². The van der Waals surface area contributed by atoms with Crippen LogP contribution in [0.15, 0.2) is 17.6 Å². The number of esters is 1. The van der Waals surface area contributed by atoms with E-state index in [1.54, 1.807) is 21.1 Å². The smallest absolute Gasteiger partial charge is 0.343 e. The van der Waals surface area contributed by atoms with Gasteiger partial charge in [0.15, 0.2) is 0 Å². The second kappa shape index (κ2) is 8.16. The third kappa shape index (κ3) is 3.70. The van der Waals surface area contributed by atoms with Gasteiger partial charge in [-0.15, -0.1) is 22.9 Å². The Balaban J connectivity index is 2.44. The molecule has 130 valence electrons. The zero-order valence-corrected chi connectivity index (χ0v) is 15.2. The number of anilines is 1. The number of methoxy groups -OCH3 is 1. The molecule has 2 aromatic rings. The number of nitrogens with zero attached hydrogens (tertiary/aromatic N) is 3. The van der Waals surface area contributed by atoms with E-state index in [1.807, 2.05) is 11.4 Å². The maximum absolute atomic E-state index is 12.4. The second-order valence-electron chi connectivity index (χ2n) is 4.75. The molecule has 0 unspecified atom stereocenters. The minimum Gasteiger partial charge on any atom is -0.496 e. The number of alkyl halides is 1. The first-order chi connectivity index (χ1) is 11.5. The summed E-state index contributed by atoms with van der Waals surface area (Å²) in [7, 11) is 3.21. The summed E-state index contributed by atoms with van der Waals surface area (Å²) in [5, 5.41) is 5.95. The summed E-state index contributed by atoms with van der Waals surface area (Å²) in [5.74, 6) is -0.0876. The third-order valence-electron chi connectivity index (χ3n) is 3.30. The molecule has 2 heterocycles. The van der Waals surface area contributed by atoms with Crippen molar-refractivity contribution in [1.82, 2.24) is 9.78 Å². The fraction of sp³-hybridized carbons (Fsp3) is 0.400. The van der Waals surface area contributed by atoms with E-state index >= 15 is 0 Å². The molecule has 0 saturated carbocycles. The lowest BCUT2D eigenvalue weighted by Crippen LogP contribution is -2.34. The Bertz CT molecular complexity index is 728. The highest BCUT2D eigenvalue weighted by Gasteiger charge is 2.27. The summed E-state index contributed by atoms with van der Waals surface area (Å²) >= 11 is 7.21. The Morgan fingerprint density at radius 1 is 1.46 bits per heavy atom. The molecule has 0 bridgehead atoms. The Morgan fingerprint density at radius 2 is 2.21 bits per heavy atom. The molecule has 0 saturated heterocycles. The molecule has 2 rings (SSSR count). The van der Waals surface area contributed by atoms with Crippen LogP contribution in [-0.2, 0) is 23.1 Å². The highest BCUT2D eigenvalue weighted by atomic mass is 35.5. The molecule has 0 radical (unpaired) electrons. The zero-order valence-electron chi connectivity index (χ0n) is 13.6. The van der Waals surface area contributed by atoms with Crippen LogP contribution in [0.3, 0.4) is 0 Å². The van der Waals surface area contributed by atoms with Gasteiger partial charge in [0, 0.05) is 7.05 Å². The minimum atomic E-state index is -0.536. The van der Waals surface area contributed by atoms with Crippen LogP contribution in [0.2, 0.25) is 0 Å². The van der Waals surface area contributed by atoms with Crippen molar-refractivity contribution >= 4 is 40.6 Å². The SMILES string of the molecule is CCOC(=O)c1cnn(C)c1N(Cc1sccc1OC)C(=O)CCl. The summed E-state index contributed by atoms with van der Waals surface area (Å²) in [6.07, 6.45) is 1.38. The maximum Gasteiger partial charge on any atom is 0.343 e. The molecule has 0 aromatic carbocycles. The highest BCUT2D eigenvalue weighted by Crippen LogP contribution is 2.30. The van der Waals surface area contributed by atoms with E-state index in [9.17, 15) is 9.59 Å². The quantitative estimate of drug-likeness (QED) is 0.552. The fourth-order valence-electron chi connectivity index (χ4n) is 2.23. The number of hydrogen-bond donors (Lipinski definition) is 0. The fourth-order valence-corrected chi connectivity index (χ4v) is 3.20. The van der Waals surface area contributed by atoms with Crippen LogP contribution in [0, 0.1) is 0 Å². The van der Waals surface area contributed by atoms with Gasteiger partial charge >= 0.3 is 5.97 Å². The standard InChI is InChI=1S/C15H18ClN3O4S/c1-4-23-15(21)10-8-17-18(2)14(10)19(13(20)7-16)9-12-11(22-3)5-6-24-12/h5-6,8H,4,7,9H2,1-3H3. The molecule has 1 amide bonds. The van der Waals surface area contributed by atoms with Gasteiger partial charge in [0.1, 0.15) is 23.0 Å². The molecule has 0 aliphatic carbocycles. The van der Waals surface area contributed by atoms with Crippen LogP contribution in [0.4, 0.5) is 5.82 Å². The molecule has 2 aromatic heterocycles. The average Bonchev–Trinajstić information content (AvgIpc) is 3.18. The molecular formula is C15H18ClN3O4S. The van der Waals surface area contributed by atoms with Crippen molar-refractivity contribution in [2.45, 2.75) is 13.5 Å². The van der Waals surface area contributed by atoms with Gasteiger partial charge in [-0.1, -0.05) is 0 Å². The van der Waals surface area contributed by atoms with E-state index in [0.29, 0.717) is 11.6 Å². The number of carbonyl (C=O) groups excluding carboxylic acids is 2. The monoisotopic (exact) mass is 371 g/mol. The van der Waals surface area contributed by atoms with E-state index in [2.05, 4.69) is 5.10 Å². The van der Waals surface area contributed by atoms with Crippen molar-refractivity contribution in [2.75, 3.05) is 24.5 Å². The lowest BCUT2D eigenvalue weighted by atomic mass is 10.3. The minimum absolute atomic E-state index is 0.216. The zero-order chi connectivity index (χ0) is 17.7. The van der Waals surface area contributed by atoms with Gasteiger partial charge < -0.3 is 9.47 Å². The Morgan fingerprint density at radius 3 is 2.83 bits per heavy atom. The molecule has 7 nitrogen and oxygen atoms in total. The highest BCUT2D eigenvalue weighted by molar-refractivity contribution is 7.10. The Labute approximate surface area is 148 Å². The number of thiophene rings is 1. The average molecular weight is 372 g/mol. The van der Waals surface area contributed by atoms with Crippen molar-refractivity contribution in [1.29, 1.82) is 0 Å². The van der Waals surface area contributed by atoms with Gasteiger partial charge in [0.2, 0.25) is 5.91 Å². The van der Waals surface area contributed by atoms with Gasteiger partial charge in [-0.3, -0.25) is 14.4 Å². The van der Waals surface area contributed by atoms with E-state index in [0.717, 1.165) is 4.88 Å². The summed E-state index contributed by atoms with van der Waals surface area (Å²) < 4.78 is 11.8. The van der Waals surface area contributed by atoms with Crippen LogP contribution in [0.25, 0.3) is 0 Å². The first-order valence-electron chi connectivity index (χ1n) is 7.19. The van der Waals surface area contributed by atoms with Crippen molar-refractivity contribution in [3.05, 3.63) is 28.1 Å². The van der Waals surface area contributed by atoms with Gasteiger partial charge in [0.05, 0.1) is 31.3 Å². The Hall–Kier alpha value is -2.06. The molecule has 0 aliphatic heterocycles. The first kappa shape index (κ1) is 18.3. The molecule has 0 fully saturated rings. The number of aryl methyl sites for hydroxylation is 1. The Kier molecular flexibility index (Phi) is 6.22. The molecule has 24 heavy (non-hydrogen) atoms. The number of hydrogen-bond acceptors (Lipinski definition) is 6. The number of carbonyl (C=O) groups is 2. The van der Waals surface area contributed by atoms with Crippen LogP contribution < -0.4 is 9.64 Å². The lowest BCUT2D eigenvalue weighted by Gasteiger charge is -2.22. The van der Waals surface area contributed by atoms with Crippen molar-refractivity contribution < 1.29 is 19.1 Å². The van der Waals surface area contributed by atoms with Crippen molar-refractivity contribution in [3.8, 4) is 5.75 Å². The summed E-state index contributed by atoms with van der Waals surface area (Å²) in [5.41, 5.74) is 0.216. The lowest BCUT2D eigenvalue weighted by molar-refractivity contribution is -0.116. The summed E-state index contributed by atoms with van der Waals surface area (Å²) in [4.78, 5) is 26.8.